The van der Waals surface area contributed by atoms with E-state index in [-0.39, 0.29) is 6.04 Å². The summed E-state index contributed by atoms with van der Waals surface area (Å²) in [6.45, 7) is 0.882. The molecular formula is C21H23N5O4S2. The van der Waals surface area contributed by atoms with Gasteiger partial charge in [0, 0.05) is 29.0 Å². The van der Waals surface area contributed by atoms with Crippen molar-refractivity contribution in [2.75, 3.05) is 13.1 Å². The fraction of sp³-hybridized carbons (Fsp3) is 0.238. The first-order valence-corrected chi connectivity index (χ1v) is 12.3. The van der Waals surface area contributed by atoms with Gasteiger partial charge in [-0.25, -0.2) is 13.1 Å². The van der Waals surface area contributed by atoms with Gasteiger partial charge in [0.25, 0.3) is 0 Å². The summed E-state index contributed by atoms with van der Waals surface area (Å²) < 4.78 is 33.3. The molecule has 1 aromatic heterocycles. The Hall–Kier alpha value is -2.54. The zero-order chi connectivity index (χ0) is 22.4. The summed E-state index contributed by atoms with van der Waals surface area (Å²) in [5, 5.41) is 9.82. The summed E-state index contributed by atoms with van der Waals surface area (Å²) in [6, 6.07) is 17.0. The zero-order valence-corrected chi connectivity index (χ0v) is 18.8. The molecule has 4 rings (SSSR count). The molecule has 1 saturated heterocycles. The Morgan fingerprint density at radius 2 is 1.78 bits per heavy atom. The minimum absolute atomic E-state index is 0.103. The Morgan fingerprint density at radius 3 is 2.47 bits per heavy atom. The Kier molecular flexibility index (Phi) is 7.35. The Balaban J connectivity index is 1.35. The van der Waals surface area contributed by atoms with Crippen molar-refractivity contribution in [3.63, 3.8) is 0 Å². The molecule has 168 valence electrons. The summed E-state index contributed by atoms with van der Waals surface area (Å²) in [4.78, 5) is 4.92. The van der Waals surface area contributed by atoms with E-state index in [1.54, 1.807) is 6.08 Å². The number of nitrogens with two attached hydrogens (primary N) is 1. The molecule has 0 radical (unpaired) electrons. The van der Waals surface area contributed by atoms with Crippen LogP contribution < -0.4 is 5.90 Å². The van der Waals surface area contributed by atoms with Crippen LogP contribution in [0.2, 0.25) is 0 Å². The van der Waals surface area contributed by atoms with Crippen molar-refractivity contribution >= 4 is 28.1 Å². The van der Waals surface area contributed by atoms with Gasteiger partial charge >= 0.3 is 0 Å². The number of hydrogen-bond donors (Lipinski definition) is 1. The highest BCUT2D eigenvalue weighted by Crippen LogP contribution is 2.27. The first-order valence-electron chi connectivity index (χ1n) is 10.0. The maximum atomic E-state index is 12.7. The van der Waals surface area contributed by atoms with Gasteiger partial charge in [0.2, 0.25) is 10.0 Å². The van der Waals surface area contributed by atoms with Crippen LogP contribution in [0, 0.1) is 0 Å². The van der Waals surface area contributed by atoms with Crippen LogP contribution in [0.3, 0.4) is 0 Å². The molecule has 0 aliphatic carbocycles. The quantitative estimate of drug-likeness (QED) is 0.301. The molecular weight excluding hydrogens is 450 g/mol. The van der Waals surface area contributed by atoms with Crippen molar-refractivity contribution in [1.29, 1.82) is 0 Å². The third-order valence-corrected chi connectivity index (χ3v) is 7.40. The third-order valence-electron chi connectivity index (χ3n) is 5.22. The molecule has 0 saturated carbocycles. The molecule has 32 heavy (non-hydrogen) atoms. The molecule has 0 atom stereocenters. The number of piperidine rings is 1. The Morgan fingerprint density at radius 1 is 1.06 bits per heavy atom. The van der Waals surface area contributed by atoms with Gasteiger partial charge < -0.3 is 0 Å². The lowest BCUT2D eigenvalue weighted by Crippen LogP contribution is -2.38. The van der Waals surface area contributed by atoms with Gasteiger partial charge in [-0.1, -0.05) is 47.7 Å². The fourth-order valence-corrected chi connectivity index (χ4v) is 5.09. The summed E-state index contributed by atoms with van der Waals surface area (Å²) >= 11 is 1.01. The fourth-order valence-electron chi connectivity index (χ4n) is 3.50. The predicted molar refractivity (Wildman–Crippen MR) is 122 cm³/mol. The number of hydrogen-bond acceptors (Lipinski definition) is 8. The van der Waals surface area contributed by atoms with Gasteiger partial charge in [0.15, 0.2) is 0 Å². The number of aromatic nitrogens is 3. The topological polar surface area (TPSA) is 113 Å². The number of nitrogens with zero attached hydrogens (tertiary/aromatic N) is 4. The number of benzene rings is 2. The highest BCUT2D eigenvalue weighted by molar-refractivity contribution is 7.94. The van der Waals surface area contributed by atoms with Gasteiger partial charge in [-0.2, -0.15) is 10.2 Å². The van der Waals surface area contributed by atoms with Crippen LogP contribution in [0.5, 0.6) is 0 Å². The highest BCUT2D eigenvalue weighted by atomic mass is 32.2. The summed E-state index contributed by atoms with van der Waals surface area (Å²) in [6.07, 6.45) is 4.87. The molecule has 9 nitrogen and oxygen atoms in total. The van der Waals surface area contributed by atoms with Gasteiger partial charge in [-0.05, 0) is 36.6 Å². The average Bonchev–Trinajstić information content (AvgIpc) is 3.33. The van der Waals surface area contributed by atoms with Gasteiger partial charge in [0.05, 0.1) is 24.3 Å². The van der Waals surface area contributed by atoms with E-state index in [9.17, 15) is 8.42 Å². The van der Waals surface area contributed by atoms with E-state index in [4.69, 9.17) is 5.90 Å². The van der Waals surface area contributed by atoms with Crippen molar-refractivity contribution in [1.82, 2.24) is 19.3 Å². The van der Waals surface area contributed by atoms with Crippen LogP contribution in [-0.2, 0) is 19.3 Å². The Labute approximate surface area is 191 Å². The van der Waals surface area contributed by atoms with Crippen molar-refractivity contribution in [2.45, 2.75) is 23.8 Å². The van der Waals surface area contributed by atoms with Gasteiger partial charge in [0.1, 0.15) is 5.69 Å². The molecule has 0 amide bonds. The molecule has 2 heterocycles. The molecule has 1 aliphatic rings. The lowest BCUT2D eigenvalue weighted by atomic mass is 10.1. The third kappa shape index (κ3) is 5.63. The molecule has 0 spiro atoms. The Bertz CT molecular complexity index is 1140. The predicted octanol–water partition coefficient (Wildman–Crippen LogP) is 3.41. The number of rotatable bonds is 8. The van der Waals surface area contributed by atoms with E-state index in [0.29, 0.717) is 25.9 Å². The van der Waals surface area contributed by atoms with Crippen LogP contribution in [0.25, 0.3) is 17.3 Å². The van der Waals surface area contributed by atoms with E-state index in [1.165, 1.54) is 9.71 Å². The standard InChI is InChI=1S/C21H23N5O4S2/c22-29-30-31-20-8-6-18(7-9-20)21-16-26(24-23-21)19-10-13-25(14-11-19)32(27,28)15-12-17-4-2-1-3-5-17/h1-9,12,15-16,19H,10-11,13-14,22H2/b15-12+. The molecule has 2 N–H and O–H groups in total. The number of sulfonamides is 1. The second-order valence-electron chi connectivity index (χ2n) is 7.24. The van der Waals surface area contributed by atoms with E-state index >= 15 is 0 Å². The normalized spacial score (nSPS) is 16.0. The monoisotopic (exact) mass is 473 g/mol. The van der Waals surface area contributed by atoms with Gasteiger partial charge in [-0.15, -0.1) is 14.4 Å². The molecule has 11 heteroatoms. The lowest BCUT2D eigenvalue weighted by Gasteiger charge is -2.30. The van der Waals surface area contributed by atoms with Crippen molar-refractivity contribution < 1.29 is 17.7 Å². The smallest absolute Gasteiger partial charge is 0.236 e. The summed E-state index contributed by atoms with van der Waals surface area (Å²) in [7, 11) is -3.46. The zero-order valence-electron chi connectivity index (χ0n) is 17.1. The molecule has 1 aliphatic heterocycles. The molecule has 1 fully saturated rings. The van der Waals surface area contributed by atoms with Crippen LogP contribution >= 0.6 is 12.0 Å². The lowest BCUT2D eigenvalue weighted by molar-refractivity contribution is -0.195. The largest absolute Gasteiger partial charge is 0.249 e. The first kappa shape index (κ1) is 22.6. The molecule has 0 unspecified atom stereocenters. The average molecular weight is 474 g/mol. The second-order valence-corrected chi connectivity index (χ2v) is 9.84. The van der Waals surface area contributed by atoms with Crippen molar-refractivity contribution in [3.05, 3.63) is 71.8 Å². The second kappa shape index (κ2) is 10.4. The van der Waals surface area contributed by atoms with E-state index < -0.39 is 10.0 Å². The maximum absolute atomic E-state index is 12.7. The highest BCUT2D eigenvalue weighted by Gasteiger charge is 2.27. The van der Waals surface area contributed by atoms with E-state index in [2.05, 4.69) is 19.6 Å². The van der Waals surface area contributed by atoms with Crippen molar-refractivity contribution in [2.24, 2.45) is 5.90 Å². The molecule has 0 bridgehead atoms. The van der Waals surface area contributed by atoms with Crippen LogP contribution in [-0.4, -0.2) is 40.8 Å². The summed E-state index contributed by atoms with van der Waals surface area (Å²) in [5.41, 5.74) is 2.52. The van der Waals surface area contributed by atoms with Gasteiger partial charge in [-0.3, -0.25) is 0 Å². The van der Waals surface area contributed by atoms with Crippen LogP contribution in [0.4, 0.5) is 0 Å². The van der Waals surface area contributed by atoms with E-state index in [0.717, 1.165) is 33.8 Å². The van der Waals surface area contributed by atoms with Crippen LogP contribution in [0.1, 0.15) is 24.4 Å². The van der Waals surface area contributed by atoms with Crippen molar-refractivity contribution in [3.8, 4) is 11.3 Å². The molecule has 2 aromatic carbocycles. The maximum Gasteiger partial charge on any atom is 0.236 e. The SMILES string of the molecule is NOOSc1ccc(-c2cn(C3CCN(S(=O)(=O)/C=C/c4ccccc4)CC3)nn2)cc1. The summed E-state index contributed by atoms with van der Waals surface area (Å²) in [5.74, 6) is 4.84. The van der Waals surface area contributed by atoms with Crippen LogP contribution in [0.15, 0.2) is 71.1 Å². The minimum atomic E-state index is -3.46. The first-order chi connectivity index (χ1) is 15.5. The minimum Gasteiger partial charge on any atom is -0.249 e. The molecule has 3 aromatic rings. The van der Waals surface area contributed by atoms with E-state index in [1.807, 2.05) is 65.5 Å².